The van der Waals surface area contributed by atoms with Crippen molar-refractivity contribution in [2.45, 2.75) is 20.8 Å². The lowest BCUT2D eigenvalue weighted by Crippen LogP contribution is -2.33. The van der Waals surface area contributed by atoms with Gasteiger partial charge in [0.25, 0.3) is 0 Å². The van der Waals surface area contributed by atoms with Crippen molar-refractivity contribution in [3.8, 4) is 0 Å². The number of hydrogen-bond donors (Lipinski definition) is 0. The van der Waals surface area contributed by atoms with Gasteiger partial charge in [-0.25, -0.2) is 0 Å². The van der Waals surface area contributed by atoms with E-state index in [9.17, 15) is 0 Å². The van der Waals surface area contributed by atoms with E-state index in [4.69, 9.17) is 4.74 Å². The highest BCUT2D eigenvalue weighted by atomic mass is 16.5. The molecular weight excluding hydrogens is 152 g/mol. The molecule has 0 aromatic rings. The second-order valence-electron chi connectivity index (χ2n) is 3.46. The molecule has 0 aromatic carbocycles. The summed E-state index contributed by atoms with van der Waals surface area (Å²) in [7, 11) is 0. The van der Waals surface area contributed by atoms with E-state index in [1.165, 1.54) is 5.71 Å². The molecule has 0 saturated carbocycles. The average molecular weight is 170 g/mol. The van der Waals surface area contributed by atoms with Gasteiger partial charge < -0.3 is 4.74 Å². The fraction of sp³-hybridized carbons (Fsp3) is 0.889. The quantitative estimate of drug-likeness (QED) is 0.584. The zero-order valence-corrected chi connectivity index (χ0v) is 8.21. The number of morpholine rings is 1. The number of ether oxygens (including phenoxy) is 1. The van der Waals surface area contributed by atoms with Gasteiger partial charge in [0.1, 0.15) is 0 Å². The Morgan fingerprint density at radius 2 is 1.92 bits per heavy atom. The molecule has 3 nitrogen and oxygen atoms in total. The third-order valence-corrected chi connectivity index (χ3v) is 2.12. The first-order chi connectivity index (χ1) is 5.70. The van der Waals surface area contributed by atoms with Crippen LogP contribution in [0.4, 0.5) is 0 Å². The average Bonchev–Trinajstić information content (AvgIpc) is 2.06. The highest BCUT2D eigenvalue weighted by Crippen LogP contribution is 2.02. The Balaban J connectivity index is 2.41. The Bertz CT molecular complexity index is 160. The summed E-state index contributed by atoms with van der Waals surface area (Å²) in [5, 5.41) is 6.60. The molecule has 0 spiro atoms. The van der Waals surface area contributed by atoms with E-state index in [-0.39, 0.29) is 0 Å². The molecule has 1 rings (SSSR count). The molecule has 0 N–H and O–H groups in total. The Morgan fingerprint density at radius 3 is 2.42 bits per heavy atom. The number of hydrazone groups is 1. The normalized spacial score (nSPS) is 20.3. The summed E-state index contributed by atoms with van der Waals surface area (Å²) in [5.74, 6) is 0.549. The van der Waals surface area contributed by atoms with Crippen molar-refractivity contribution in [3.63, 3.8) is 0 Å². The summed E-state index contributed by atoms with van der Waals surface area (Å²) in [4.78, 5) is 0. The van der Waals surface area contributed by atoms with Crippen LogP contribution in [0.1, 0.15) is 20.8 Å². The maximum absolute atomic E-state index is 5.23. The molecule has 1 aliphatic rings. The van der Waals surface area contributed by atoms with E-state index in [0.717, 1.165) is 26.3 Å². The molecule has 1 aliphatic heterocycles. The van der Waals surface area contributed by atoms with Crippen LogP contribution in [0.3, 0.4) is 0 Å². The van der Waals surface area contributed by atoms with Crippen molar-refractivity contribution in [2.24, 2.45) is 11.0 Å². The summed E-state index contributed by atoms with van der Waals surface area (Å²) < 4.78 is 5.23. The molecule has 1 fully saturated rings. The van der Waals surface area contributed by atoms with Crippen LogP contribution in [0.2, 0.25) is 0 Å². The minimum atomic E-state index is 0.549. The summed E-state index contributed by atoms with van der Waals surface area (Å²) in [6.45, 7) is 9.91. The molecule has 70 valence electrons. The van der Waals surface area contributed by atoms with Gasteiger partial charge in [0, 0.05) is 5.71 Å². The van der Waals surface area contributed by atoms with Gasteiger partial charge in [0.15, 0.2) is 0 Å². The molecule has 0 bridgehead atoms. The molecule has 0 aromatic heterocycles. The van der Waals surface area contributed by atoms with Gasteiger partial charge in [-0.15, -0.1) is 0 Å². The van der Waals surface area contributed by atoms with Crippen LogP contribution in [-0.4, -0.2) is 37.0 Å². The highest BCUT2D eigenvalue weighted by molar-refractivity contribution is 5.83. The number of rotatable bonds is 2. The maximum Gasteiger partial charge on any atom is 0.0659 e. The summed E-state index contributed by atoms with van der Waals surface area (Å²) in [5.41, 5.74) is 1.21. The van der Waals surface area contributed by atoms with Gasteiger partial charge in [0.05, 0.1) is 26.3 Å². The summed E-state index contributed by atoms with van der Waals surface area (Å²) >= 11 is 0. The van der Waals surface area contributed by atoms with Crippen molar-refractivity contribution < 1.29 is 4.74 Å². The van der Waals surface area contributed by atoms with Crippen LogP contribution in [0.5, 0.6) is 0 Å². The molecule has 0 unspecified atom stereocenters. The van der Waals surface area contributed by atoms with Crippen molar-refractivity contribution in [2.75, 3.05) is 26.3 Å². The zero-order chi connectivity index (χ0) is 8.97. The van der Waals surface area contributed by atoms with Crippen molar-refractivity contribution in [3.05, 3.63) is 0 Å². The first-order valence-electron chi connectivity index (χ1n) is 4.58. The predicted molar refractivity (Wildman–Crippen MR) is 50.3 cm³/mol. The van der Waals surface area contributed by atoms with E-state index >= 15 is 0 Å². The second kappa shape index (κ2) is 4.45. The predicted octanol–water partition coefficient (Wildman–Crippen LogP) is 1.35. The van der Waals surface area contributed by atoms with E-state index in [1.54, 1.807) is 0 Å². The topological polar surface area (TPSA) is 24.8 Å². The number of nitrogens with zero attached hydrogens (tertiary/aromatic N) is 2. The third-order valence-electron chi connectivity index (χ3n) is 2.12. The van der Waals surface area contributed by atoms with E-state index in [0.29, 0.717) is 5.92 Å². The van der Waals surface area contributed by atoms with Gasteiger partial charge in [-0.3, -0.25) is 5.01 Å². The van der Waals surface area contributed by atoms with Crippen molar-refractivity contribution in [1.82, 2.24) is 5.01 Å². The van der Waals surface area contributed by atoms with E-state index < -0.39 is 0 Å². The van der Waals surface area contributed by atoms with Crippen LogP contribution >= 0.6 is 0 Å². The molecule has 3 heteroatoms. The van der Waals surface area contributed by atoms with E-state index in [1.807, 2.05) is 0 Å². The zero-order valence-electron chi connectivity index (χ0n) is 8.21. The molecule has 1 saturated heterocycles. The SMILES string of the molecule is C/C(=N\N1CCOCC1)C(C)C. The van der Waals surface area contributed by atoms with Crippen LogP contribution < -0.4 is 0 Å². The molecule has 0 amide bonds. The van der Waals surface area contributed by atoms with Gasteiger partial charge in [-0.05, 0) is 12.8 Å². The van der Waals surface area contributed by atoms with Crippen LogP contribution in [0.15, 0.2) is 5.10 Å². The first kappa shape index (κ1) is 9.52. The third kappa shape index (κ3) is 2.81. The Kier molecular flexibility index (Phi) is 3.53. The standard InChI is InChI=1S/C9H18N2O/c1-8(2)9(3)10-11-4-6-12-7-5-11/h8H,4-7H2,1-3H3/b10-9+. The smallest absolute Gasteiger partial charge is 0.0659 e. The Labute approximate surface area is 74.4 Å². The van der Waals surface area contributed by atoms with Crippen LogP contribution in [0, 0.1) is 5.92 Å². The number of hydrogen-bond acceptors (Lipinski definition) is 3. The van der Waals surface area contributed by atoms with Crippen molar-refractivity contribution in [1.29, 1.82) is 0 Å². The van der Waals surface area contributed by atoms with Crippen LogP contribution in [-0.2, 0) is 4.74 Å². The molecule has 0 radical (unpaired) electrons. The minimum Gasteiger partial charge on any atom is -0.378 e. The fourth-order valence-electron chi connectivity index (χ4n) is 0.992. The second-order valence-corrected chi connectivity index (χ2v) is 3.46. The van der Waals surface area contributed by atoms with Gasteiger partial charge in [-0.2, -0.15) is 5.10 Å². The fourth-order valence-corrected chi connectivity index (χ4v) is 0.992. The lowest BCUT2D eigenvalue weighted by Gasteiger charge is -2.25. The molecule has 12 heavy (non-hydrogen) atoms. The lowest BCUT2D eigenvalue weighted by molar-refractivity contribution is 0.0391. The van der Waals surface area contributed by atoms with Crippen molar-refractivity contribution >= 4 is 5.71 Å². The van der Waals surface area contributed by atoms with Gasteiger partial charge in [0.2, 0.25) is 0 Å². The van der Waals surface area contributed by atoms with E-state index in [2.05, 4.69) is 30.9 Å². The summed E-state index contributed by atoms with van der Waals surface area (Å²) in [6.07, 6.45) is 0. The molecular formula is C9H18N2O. The monoisotopic (exact) mass is 170 g/mol. The van der Waals surface area contributed by atoms with Crippen LogP contribution in [0.25, 0.3) is 0 Å². The molecule has 0 atom stereocenters. The highest BCUT2D eigenvalue weighted by Gasteiger charge is 2.08. The summed E-state index contributed by atoms with van der Waals surface area (Å²) in [6, 6.07) is 0. The minimum absolute atomic E-state index is 0.549. The first-order valence-corrected chi connectivity index (χ1v) is 4.58. The van der Waals surface area contributed by atoms with Gasteiger partial charge in [-0.1, -0.05) is 13.8 Å². The largest absolute Gasteiger partial charge is 0.378 e. The molecule has 0 aliphatic carbocycles. The van der Waals surface area contributed by atoms with Gasteiger partial charge >= 0.3 is 0 Å². The molecule has 1 heterocycles. The maximum atomic E-state index is 5.23. The lowest BCUT2D eigenvalue weighted by atomic mass is 10.1. The Morgan fingerprint density at radius 1 is 1.33 bits per heavy atom. The Hall–Kier alpha value is -0.570.